The van der Waals surface area contributed by atoms with Crippen LogP contribution in [-0.4, -0.2) is 21.4 Å². The maximum absolute atomic E-state index is 5.58. The zero-order valence-corrected chi connectivity index (χ0v) is 9.69. The van der Waals surface area contributed by atoms with E-state index in [1.54, 1.807) is 6.33 Å². The number of benzene rings is 1. The number of rotatable bonds is 1. The number of piperidine rings is 1. The normalized spacial score (nSPS) is 20.4. The third kappa shape index (κ3) is 1.76. The second kappa shape index (κ2) is 4.14. The summed E-state index contributed by atoms with van der Waals surface area (Å²) in [6.45, 7) is 1.00. The Morgan fingerprint density at radius 2 is 2.35 bits per heavy atom. The molecule has 3 heteroatoms. The fraction of sp³-hybridized carbons (Fsp3) is 0.357. The van der Waals surface area contributed by atoms with Crippen molar-refractivity contribution in [3.63, 3.8) is 0 Å². The summed E-state index contributed by atoms with van der Waals surface area (Å²) in [6, 6.07) is 9.54. The highest BCUT2D eigenvalue weighted by Crippen LogP contribution is 2.31. The number of hydrogen-bond donors (Lipinski definition) is 1. The lowest BCUT2D eigenvalue weighted by molar-refractivity contribution is 0.231. The Kier molecular flexibility index (Phi) is 2.49. The Hall–Kier alpha value is -1.95. The molecule has 1 aliphatic rings. The molecule has 86 valence electrons. The maximum Gasteiger partial charge on any atom is 0.0931 e. The minimum absolute atomic E-state index is 0.362. The summed E-state index contributed by atoms with van der Waals surface area (Å²) >= 11 is 0. The summed E-state index contributed by atoms with van der Waals surface area (Å²) in [4.78, 5) is 9.50. The Balaban J connectivity index is 1.98. The van der Waals surface area contributed by atoms with Gasteiger partial charge in [0.2, 0.25) is 0 Å². The summed E-state index contributed by atoms with van der Waals surface area (Å²) in [6.07, 6.45) is 10.9. The molecule has 1 atom stereocenters. The van der Waals surface area contributed by atoms with E-state index in [4.69, 9.17) is 6.42 Å². The molecule has 1 unspecified atom stereocenters. The van der Waals surface area contributed by atoms with Crippen molar-refractivity contribution in [3.8, 4) is 12.5 Å². The van der Waals surface area contributed by atoms with Crippen LogP contribution in [0.3, 0.4) is 0 Å². The van der Waals surface area contributed by atoms with Gasteiger partial charge in [-0.2, -0.15) is 0 Å². The van der Waals surface area contributed by atoms with Gasteiger partial charge in [-0.05, 0) is 37.0 Å². The zero-order valence-electron chi connectivity index (χ0n) is 9.69. The van der Waals surface area contributed by atoms with Crippen LogP contribution in [0, 0.1) is 12.5 Å². The van der Waals surface area contributed by atoms with Gasteiger partial charge < -0.3 is 9.88 Å². The minimum Gasteiger partial charge on any atom is -0.345 e. The van der Waals surface area contributed by atoms with E-state index in [-0.39, 0.29) is 0 Å². The summed E-state index contributed by atoms with van der Waals surface area (Å²) in [7, 11) is 0. The standard InChI is InChI=1S/C14H15N3/c1-2-17-8-4-3-5-14(17)11-6-7-12-13(9-11)16-10-15-12/h1,6-7,9-10,14H,3-5,8H2,(H,15,16). The largest absolute Gasteiger partial charge is 0.345 e. The molecule has 1 saturated heterocycles. The first-order valence-electron chi connectivity index (χ1n) is 6.04. The number of imidazole rings is 1. The Morgan fingerprint density at radius 3 is 3.24 bits per heavy atom. The molecule has 0 spiro atoms. The summed E-state index contributed by atoms with van der Waals surface area (Å²) in [5.74, 6) is 0. The topological polar surface area (TPSA) is 31.9 Å². The van der Waals surface area contributed by atoms with Crippen molar-refractivity contribution in [1.29, 1.82) is 0 Å². The van der Waals surface area contributed by atoms with E-state index >= 15 is 0 Å². The van der Waals surface area contributed by atoms with Crippen LogP contribution in [0.2, 0.25) is 0 Å². The number of terminal acetylenes is 1. The molecule has 17 heavy (non-hydrogen) atoms. The van der Waals surface area contributed by atoms with Crippen molar-refractivity contribution >= 4 is 11.0 Å². The lowest BCUT2D eigenvalue weighted by Gasteiger charge is -2.33. The fourth-order valence-electron chi connectivity index (χ4n) is 2.59. The van der Waals surface area contributed by atoms with Gasteiger partial charge in [0, 0.05) is 12.6 Å². The predicted molar refractivity (Wildman–Crippen MR) is 68.2 cm³/mol. The number of nitrogens with one attached hydrogen (secondary N) is 1. The Bertz CT molecular complexity index is 564. The van der Waals surface area contributed by atoms with Crippen LogP contribution >= 0.6 is 0 Å². The molecule has 1 aliphatic heterocycles. The van der Waals surface area contributed by atoms with Gasteiger partial charge >= 0.3 is 0 Å². The molecule has 0 aliphatic carbocycles. The van der Waals surface area contributed by atoms with Gasteiger partial charge in [-0.1, -0.05) is 12.5 Å². The van der Waals surface area contributed by atoms with Gasteiger partial charge in [-0.15, -0.1) is 0 Å². The number of nitrogens with zero attached hydrogens (tertiary/aromatic N) is 2. The Morgan fingerprint density at radius 1 is 1.41 bits per heavy atom. The van der Waals surface area contributed by atoms with Crippen molar-refractivity contribution in [2.45, 2.75) is 25.3 Å². The predicted octanol–water partition coefficient (Wildman–Crippen LogP) is 2.68. The van der Waals surface area contributed by atoms with Crippen LogP contribution < -0.4 is 0 Å². The lowest BCUT2D eigenvalue weighted by atomic mass is 9.95. The molecule has 1 aromatic heterocycles. The van der Waals surface area contributed by atoms with E-state index in [0.29, 0.717) is 6.04 Å². The van der Waals surface area contributed by atoms with E-state index in [2.05, 4.69) is 39.1 Å². The van der Waals surface area contributed by atoms with Crippen molar-refractivity contribution in [2.75, 3.05) is 6.54 Å². The molecule has 3 rings (SSSR count). The van der Waals surface area contributed by atoms with Crippen molar-refractivity contribution in [1.82, 2.24) is 14.9 Å². The quantitative estimate of drug-likeness (QED) is 0.757. The van der Waals surface area contributed by atoms with Crippen molar-refractivity contribution < 1.29 is 0 Å². The highest BCUT2D eigenvalue weighted by atomic mass is 15.1. The van der Waals surface area contributed by atoms with Crippen LogP contribution in [0.15, 0.2) is 24.5 Å². The van der Waals surface area contributed by atoms with Gasteiger partial charge in [-0.3, -0.25) is 0 Å². The van der Waals surface area contributed by atoms with Crippen LogP contribution in [0.25, 0.3) is 11.0 Å². The molecule has 2 aromatic rings. The second-order valence-electron chi connectivity index (χ2n) is 4.51. The van der Waals surface area contributed by atoms with Crippen LogP contribution in [0.1, 0.15) is 30.9 Å². The van der Waals surface area contributed by atoms with Crippen LogP contribution in [-0.2, 0) is 0 Å². The summed E-state index contributed by atoms with van der Waals surface area (Å²) in [5, 5.41) is 0. The third-order valence-corrected chi connectivity index (χ3v) is 3.50. The van der Waals surface area contributed by atoms with E-state index in [1.807, 2.05) is 0 Å². The molecular weight excluding hydrogens is 210 g/mol. The second-order valence-corrected chi connectivity index (χ2v) is 4.51. The SMILES string of the molecule is C#CN1CCCCC1c1ccc2nc[nH]c2c1. The van der Waals surface area contributed by atoms with Crippen molar-refractivity contribution in [3.05, 3.63) is 30.1 Å². The molecule has 0 bridgehead atoms. The Labute approximate surface area is 101 Å². The van der Waals surface area contributed by atoms with Crippen molar-refractivity contribution in [2.24, 2.45) is 0 Å². The molecule has 3 nitrogen and oxygen atoms in total. The zero-order chi connectivity index (χ0) is 11.7. The molecule has 1 aromatic carbocycles. The summed E-state index contributed by atoms with van der Waals surface area (Å²) in [5.41, 5.74) is 3.39. The van der Waals surface area contributed by atoms with Gasteiger partial charge in [0.15, 0.2) is 0 Å². The molecule has 1 N–H and O–H groups in total. The van der Waals surface area contributed by atoms with Gasteiger partial charge in [0.1, 0.15) is 0 Å². The average molecular weight is 225 g/mol. The monoisotopic (exact) mass is 225 g/mol. The first-order valence-corrected chi connectivity index (χ1v) is 6.04. The van der Waals surface area contributed by atoms with Gasteiger partial charge in [0.25, 0.3) is 0 Å². The number of hydrogen-bond acceptors (Lipinski definition) is 2. The number of H-pyrrole nitrogens is 1. The minimum atomic E-state index is 0.362. The molecule has 0 radical (unpaired) electrons. The molecule has 2 heterocycles. The fourth-order valence-corrected chi connectivity index (χ4v) is 2.59. The molecule has 0 saturated carbocycles. The molecular formula is C14H15N3. The smallest absolute Gasteiger partial charge is 0.0931 e. The van der Waals surface area contributed by atoms with Gasteiger partial charge in [-0.25, -0.2) is 4.98 Å². The van der Waals surface area contributed by atoms with E-state index < -0.39 is 0 Å². The molecule has 0 amide bonds. The summed E-state index contributed by atoms with van der Waals surface area (Å²) < 4.78 is 0. The highest BCUT2D eigenvalue weighted by molar-refractivity contribution is 5.75. The number of fused-ring (bicyclic) bond motifs is 1. The van der Waals surface area contributed by atoms with E-state index in [1.165, 1.54) is 18.4 Å². The lowest BCUT2D eigenvalue weighted by Crippen LogP contribution is -2.29. The van der Waals surface area contributed by atoms with Crippen LogP contribution in [0.5, 0.6) is 0 Å². The van der Waals surface area contributed by atoms with E-state index in [9.17, 15) is 0 Å². The maximum atomic E-state index is 5.58. The number of likely N-dealkylation sites (tertiary alicyclic amines) is 1. The molecule has 1 fully saturated rings. The highest BCUT2D eigenvalue weighted by Gasteiger charge is 2.21. The number of aromatic nitrogens is 2. The van der Waals surface area contributed by atoms with Crippen LogP contribution in [0.4, 0.5) is 0 Å². The number of aromatic amines is 1. The average Bonchev–Trinajstić information content (AvgIpc) is 2.85. The van der Waals surface area contributed by atoms with E-state index in [0.717, 1.165) is 24.0 Å². The van der Waals surface area contributed by atoms with Gasteiger partial charge in [0.05, 0.1) is 23.4 Å². The first kappa shape index (κ1) is 10.2. The first-order chi connectivity index (χ1) is 8.38. The third-order valence-electron chi connectivity index (χ3n) is 3.50.